The van der Waals surface area contributed by atoms with E-state index in [0.29, 0.717) is 16.3 Å². The maximum atomic E-state index is 12.6. The fraction of sp³-hybridized carbons (Fsp3) is 0.400. The van der Waals surface area contributed by atoms with E-state index in [9.17, 15) is 24.5 Å². The van der Waals surface area contributed by atoms with Gasteiger partial charge in [0.1, 0.15) is 0 Å². The first-order valence-corrected chi connectivity index (χ1v) is 10.4. The number of aryl methyl sites for hydroxylation is 1. The van der Waals surface area contributed by atoms with E-state index in [1.54, 1.807) is 31.4 Å². The van der Waals surface area contributed by atoms with Crippen molar-refractivity contribution in [2.45, 2.75) is 39.2 Å². The molecule has 0 unspecified atom stereocenters. The summed E-state index contributed by atoms with van der Waals surface area (Å²) in [6, 6.07) is 5.96. The lowest BCUT2D eigenvalue weighted by Gasteiger charge is -2.29. The van der Waals surface area contributed by atoms with E-state index < -0.39 is 28.3 Å². The molecule has 31 heavy (non-hydrogen) atoms. The Labute approximate surface area is 182 Å². The molecule has 1 amide bonds. The number of hydrogen-bond donors (Lipinski definition) is 1. The number of aromatic nitrogens is 1. The number of nitrogens with zero attached hydrogens (tertiary/aromatic N) is 2. The molecule has 0 atom stereocenters. The van der Waals surface area contributed by atoms with Crippen LogP contribution in [0.4, 0.5) is 5.69 Å². The number of benzene rings is 1. The van der Waals surface area contributed by atoms with Crippen molar-refractivity contribution in [2.24, 2.45) is 0 Å². The Morgan fingerprint density at radius 2 is 1.71 bits per heavy atom. The number of carbonyl (C=O) groups excluding carboxylic acids is 3. The third kappa shape index (κ3) is 5.85. The minimum absolute atomic E-state index is 0.0248. The molecule has 0 aliphatic carbocycles. The van der Waals surface area contributed by atoms with Gasteiger partial charge in [-0.15, -0.1) is 11.3 Å². The minimum atomic E-state index is -1.98. The van der Waals surface area contributed by atoms with Crippen molar-refractivity contribution in [3.8, 4) is 11.3 Å². The van der Waals surface area contributed by atoms with E-state index >= 15 is 0 Å². The molecule has 0 aliphatic heterocycles. The van der Waals surface area contributed by atoms with Crippen molar-refractivity contribution in [1.29, 1.82) is 0 Å². The van der Waals surface area contributed by atoms with E-state index in [1.807, 2.05) is 0 Å². The van der Waals surface area contributed by atoms with Gasteiger partial charge in [-0.05, 0) is 32.4 Å². The predicted octanol–water partition coefficient (Wildman–Crippen LogP) is 2.65. The molecule has 0 bridgehead atoms. The Bertz CT molecular complexity index is 938. The largest absolute Gasteiger partial charge is 0.464 e. The van der Waals surface area contributed by atoms with E-state index in [0.717, 1.165) is 0 Å². The van der Waals surface area contributed by atoms with E-state index in [-0.39, 0.29) is 31.7 Å². The summed E-state index contributed by atoms with van der Waals surface area (Å²) in [6.07, 6.45) is 0.0903. The molecular formula is C20H23N3O7S. The summed E-state index contributed by atoms with van der Waals surface area (Å²) in [5.74, 6) is -2.36. The fourth-order valence-corrected chi connectivity index (χ4v) is 3.68. The van der Waals surface area contributed by atoms with Crippen LogP contribution in [0.1, 0.15) is 32.2 Å². The van der Waals surface area contributed by atoms with Crippen molar-refractivity contribution < 1.29 is 28.8 Å². The maximum absolute atomic E-state index is 12.6. The highest BCUT2D eigenvalue weighted by Crippen LogP contribution is 2.26. The zero-order chi connectivity index (χ0) is 23.0. The fourth-order valence-electron chi connectivity index (χ4n) is 2.87. The summed E-state index contributed by atoms with van der Waals surface area (Å²) >= 11 is 1.30. The molecule has 0 saturated heterocycles. The SMILES string of the molecule is CCOC(=O)C(CCc1nc(-c2ccc([N+](=O)[O-])cc2)cs1)(NC(C)=O)C(=O)OCC. The van der Waals surface area contributed by atoms with Crippen molar-refractivity contribution in [3.05, 3.63) is 44.8 Å². The van der Waals surface area contributed by atoms with E-state index in [2.05, 4.69) is 10.3 Å². The number of nitrogens with one attached hydrogen (secondary N) is 1. The molecule has 1 aromatic carbocycles. The van der Waals surface area contributed by atoms with Crippen LogP contribution in [0.3, 0.4) is 0 Å². The normalized spacial score (nSPS) is 10.9. The van der Waals surface area contributed by atoms with Crippen LogP contribution in [0.25, 0.3) is 11.3 Å². The van der Waals surface area contributed by atoms with Gasteiger partial charge in [0.05, 0.1) is 28.8 Å². The van der Waals surface area contributed by atoms with Gasteiger partial charge in [0.15, 0.2) is 0 Å². The number of esters is 2. The molecule has 2 rings (SSSR count). The first-order chi connectivity index (χ1) is 14.7. The first-order valence-electron chi connectivity index (χ1n) is 9.56. The van der Waals surface area contributed by atoms with Crippen LogP contribution in [0.5, 0.6) is 0 Å². The van der Waals surface area contributed by atoms with Crippen molar-refractivity contribution >= 4 is 34.9 Å². The molecule has 0 aliphatic rings. The topological polar surface area (TPSA) is 138 Å². The Kier molecular flexibility index (Phi) is 8.20. The molecule has 10 nitrogen and oxygen atoms in total. The predicted molar refractivity (Wildman–Crippen MR) is 112 cm³/mol. The average molecular weight is 449 g/mol. The molecule has 0 saturated carbocycles. The summed E-state index contributed by atoms with van der Waals surface area (Å²) in [5, 5.41) is 15.6. The molecule has 1 N–H and O–H groups in total. The van der Waals surface area contributed by atoms with Gasteiger partial charge in [-0.2, -0.15) is 0 Å². The summed E-state index contributed by atoms with van der Waals surface area (Å²) in [4.78, 5) is 51.8. The average Bonchev–Trinajstić information content (AvgIpc) is 3.20. The van der Waals surface area contributed by atoms with Crippen LogP contribution in [0, 0.1) is 10.1 Å². The molecule has 0 fully saturated rings. The van der Waals surface area contributed by atoms with Gasteiger partial charge in [-0.25, -0.2) is 14.6 Å². The number of nitro benzene ring substituents is 1. The van der Waals surface area contributed by atoms with E-state index in [4.69, 9.17) is 9.47 Å². The van der Waals surface area contributed by atoms with Gasteiger partial charge in [-0.1, -0.05) is 0 Å². The minimum Gasteiger partial charge on any atom is -0.464 e. The third-order valence-corrected chi connectivity index (χ3v) is 5.19. The molecular weight excluding hydrogens is 426 g/mol. The lowest BCUT2D eigenvalue weighted by Crippen LogP contribution is -2.61. The Hall–Kier alpha value is -3.34. The highest BCUT2D eigenvalue weighted by atomic mass is 32.1. The van der Waals surface area contributed by atoms with Crippen LogP contribution in [-0.4, -0.2) is 46.5 Å². The van der Waals surface area contributed by atoms with Crippen molar-refractivity contribution in [2.75, 3.05) is 13.2 Å². The number of nitro groups is 1. The van der Waals surface area contributed by atoms with Crippen LogP contribution in [-0.2, 0) is 30.3 Å². The van der Waals surface area contributed by atoms with Crippen molar-refractivity contribution in [3.63, 3.8) is 0 Å². The summed E-state index contributed by atoms with van der Waals surface area (Å²) in [5.41, 5.74) is -0.704. The zero-order valence-electron chi connectivity index (χ0n) is 17.4. The lowest BCUT2D eigenvalue weighted by molar-refractivity contribution is -0.384. The summed E-state index contributed by atoms with van der Waals surface area (Å²) in [7, 11) is 0. The lowest BCUT2D eigenvalue weighted by atomic mass is 9.93. The number of carbonyl (C=O) groups is 3. The standard InChI is InChI=1S/C20H23N3O7S/c1-4-29-18(25)20(22-13(3)24,19(26)30-5-2)11-10-17-21-16(12-31-17)14-6-8-15(9-7-14)23(27)28/h6-9,12H,4-5,10-11H2,1-3H3,(H,22,24). The summed E-state index contributed by atoms with van der Waals surface area (Å²) < 4.78 is 10.1. The number of amides is 1. The van der Waals surface area contributed by atoms with Gasteiger partial charge >= 0.3 is 11.9 Å². The molecule has 11 heteroatoms. The summed E-state index contributed by atoms with van der Waals surface area (Å²) in [6.45, 7) is 4.45. The van der Waals surface area contributed by atoms with Crippen LogP contribution >= 0.6 is 11.3 Å². The zero-order valence-corrected chi connectivity index (χ0v) is 18.2. The van der Waals surface area contributed by atoms with Crippen LogP contribution in [0.2, 0.25) is 0 Å². The number of non-ortho nitro benzene ring substituents is 1. The second kappa shape index (κ2) is 10.6. The number of hydrogen-bond acceptors (Lipinski definition) is 9. The monoisotopic (exact) mass is 449 g/mol. The maximum Gasteiger partial charge on any atom is 0.343 e. The van der Waals surface area contributed by atoms with Crippen LogP contribution in [0.15, 0.2) is 29.6 Å². The Morgan fingerprint density at radius 1 is 1.13 bits per heavy atom. The molecule has 0 radical (unpaired) electrons. The van der Waals surface area contributed by atoms with Gasteiger partial charge in [0.25, 0.3) is 5.69 Å². The molecule has 1 aromatic heterocycles. The smallest absolute Gasteiger partial charge is 0.343 e. The highest BCUT2D eigenvalue weighted by molar-refractivity contribution is 7.09. The molecule has 2 aromatic rings. The molecule has 0 spiro atoms. The number of rotatable bonds is 10. The highest BCUT2D eigenvalue weighted by Gasteiger charge is 2.49. The van der Waals surface area contributed by atoms with Gasteiger partial charge in [0.2, 0.25) is 11.4 Å². The van der Waals surface area contributed by atoms with Gasteiger partial charge in [0, 0.05) is 36.4 Å². The van der Waals surface area contributed by atoms with Crippen molar-refractivity contribution in [1.82, 2.24) is 10.3 Å². The second-order valence-corrected chi connectivity index (χ2v) is 7.40. The third-order valence-electron chi connectivity index (χ3n) is 4.28. The van der Waals surface area contributed by atoms with Gasteiger partial charge in [-0.3, -0.25) is 14.9 Å². The second-order valence-electron chi connectivity index (χ2n) is 6.46. The quantitative estimate of drug-likeness (QED) is 0.253. The van der Waals surface area contributed by atoms with Crippen LogP contribution < -0.4 is 5.32 Å². The number of ether oxygens (including phenoxy) is 2. The first kappa shape index (κ1) is 23.9. The Balaban J connectivity index is 2.26. The molecule has 166 valence electrons. The van der Waals surface area contributed by atoms with E-state index in [1.165, 1.54) is 30.4 Å². The number of thiazole rings is 1. The molecule has 1 heterocycles. The van der Waals surface area contributed by atoms with Gasteiger partial charge < -0.3 is 14.8 Å². The Morgan fingerprint density at radius 3 is 2.19 bits per heavy atom.